The molecule has 1 saturated carbocycles. The van der Waals surface area contributed by atoms with Crippen molar-refractivity contribution in [2.24, 2.45) is 0 Å². The highest BCUT2D eigenvalue weighted by atomic mass is 32.1. The first-order valence-electron chi connectivity index (χ1n) is 11.0. The summed E-state index contributed by atoms with van der Waals surface area (Å²) >= 11 is 1.60. The fourth-order valence-corrected chi connectivity index (χ4v) is 5.85. The van der Waals surface area contributed by atoms with Crippen LogP contribution < -0.4 is 5.32 Å². The molecule has 1 aliphatic carbocycles. The van der Waals surface area contributed by atoms with Gasteiger partial charge >= 0.3 is 0 Å². The van der Waals surface area contributed by atoms with Gasteiger partial charge in [0.1, 0.15) is 0 Å². The van der Waals surface area contributed by atoms with Crippen LogP contribution in [0.25, 0.3) is 0 Å². The molecule has 2 aliphatic rings. The van der Waals surface area contributed by atoms with E-state index < -0.39 is 5.92 Å². The van der Waals surface area contributed by atoms with Gasteiger partial charge in [-0.05, 0) is 43.0 Å². The van der Waals surface area contributed by atoms with Gasteiger partial charge in [0, 0.05) is 36.6 Å². The molecule has 4 rings (SSSR count). The maximum Gasteiger partial charge on any atom is 0.254 e. The number of carbonyl (C=O) groups is 2. The third kappa shape index (κ3) is 4.16. The van der Waals surface area contributed by atoms with Crippen molar-refractivity contribution >= 4 is 23.2 Å². The summed E-state index contributed by atoms with van der Waals surface area (Å²) < 4.78 is 0. The fraction of sp³-hybridized carbons (Fsp3) is 0.500. The highest BCUT2D eigenvalue weighted by Crippen LogP contribution is 2.43. The molecule has 1 N–H and O–H groups in total. The molecule has 1 aromatic heterocycles. The van der Waals surface area contributed by atoms with Crippen LogP contribution in [0.2, 0.25) is 0 Å². The number of thiophene rings is 1. The minimum atomic E-state index is -0.400. The van der Waals surface area contributed by atoms with E-state index in [0.717, 1.165) is 17.0 Å². The molecule has 2 aromatic rings. The van der Waals surface area contributed by atoms with Crippen LogP contribution in [0.4, 0.5) is 0 Å². The quantitative estimate of drug-likeness (QED) is 0.760. The zero-order valence-corrected chi connectivity index (χ0v) is 18.7. The Morgan fingerprint density at radius 1 is 1.17 bits per heavy atom. The van der Waals surface area contributed by atoms with Crippen molar-refractivity contribution in [3.63, 3.8) is 0 Å². The van der Waals surface area contributed by atoms with E-state index in [-0.39, 0.29) is 17.9 Å². The summed E-state index contributed by atoms with van der Waals surface area (Å²) in [6, 6.07) is 11.9. The van der Waals surface area contributed by atoms with Gasteiger partial charge in [-0.15, -0.1) is 11.3 Å². The summed E-state index contributed by atoms with van der Waals surface area (Å²) in [5.41, 5.74) is 1.46. The number of rotatable bonds is 6. The van der Waals surface area contributed by atoms with Crippen molar-refractivity contribution in [1.82, 2.24) is 15.1 Å². The number of hydrogen-bond acceptors (Lipinski definition) is 4. The average molecular weight is 426 g/mol. The van der Waals surface area contributed by atoms with Crippen LogP contribution >= 0.6 is 11.3 Å². The Bertz CT molecular complexity index is 876. The fourth-order valence-electron chi connectivity index (χ4n) is 4.94. The minimum absolute atomic E-state index is 0.00255. The molecule has 6 heteroatoms. The van der Waals surface area contributed by atoms with E-state index in [1.807, 2.05) is 41.8 Å². The van der Waals surface area contributed by atoms with Crippen LogP contribution in [0.5, 0.6) is 0 Å². The van der Waals surface area contributed by atoms with E-state index >= 15 is 0 Å². The number of hydrogen-bond donors (Lipinski definition) is 1. The molecule has 2 amide bonds. The Balaban J connectivity index is 1.51. The molecule has 5 nitrogen and oxygen atoms in total. The summed E-state index contributed by atoms with van der Waals surface area (Å²) in [6.45, 7) is 1.47. The Labute approximate surface area is 183 Å². The Morgan fingerprint density at radius 3 is 2.67 bits per heavy atom. The predicted molar refractivity (Wildman–Crippen MR) is 121 cm³/mol. The van der Waals surface area contributed by atoms with Crippen molar-refractivity contribution in [3.05, 3.63) is 57.8 Å². The topological polar surface area (TPSA) is 52.7 Å². The number of amides is 2. The lowest BCUT2D eigenvalue weighted by atomic mass is 9.82. The van der Waals surface area contributed by atoms with E-state index in [1.165, 1.54) is 32.1 Å². The summed E-state index contributed by atoms with van der Waals surface area (Å²) in [7, 11) is 3.97. The molecule has 0 saturated heterocycles. The van der Waals surface area contributed by atoms with Gasteiger partial charge in [-0.1, -0.05) is 43.5 Å². The maximum absolute atomic E-state index is 13.4. The van der Waals surface area contributed by atoms with E-state index in [0.29, 0.717) is 18.2 Å². The van der Waals surface area contributed by atoms with Gasteiger partial charge < -0.3 is 15.1 Å². The molecule has 30 heavy (non-hydrogen) atoms. The second-order valence-electron chi connectivity index (χ2n) is 8.50. The molecule has 2 atom stereocenters. The highest BCUT2D eigenvalue weighted by molar-refractivity contribution is 7.10. The molecule has 1 aliphatic heterocycles. The molecule has 1 fully saturated rings. The van der Waals surface area contributed by atoms with Crippen LogP contribution in [0.3, 0.4) is 0 Å². The lowest BCUT2D eigenvalue weighted by Gasteiger charge is -2.39. The average Bonchev–Trinajstić information content (AvgIpc) is 3.31. The summed E-state index contributed by atoms with van der Waals surface area (Å²) in [6.07, 6.45) is 6.48. The first-order valence-corrected chi connectivity index (χ1v) is 11.8. The van der Waals surface area contributed by atoms with Gasteiger partial charge in [-0.25, -0.2) is 0 Å². The number of fused-ring (bicyclic) bond motifs is 1. The lowest BCUT2D eigenvalue weighted by Crippen LogP contribution is -2.47. The smallest absolute Gasteiger partial charge is 0.254 e. The molecule has 160 valence electrons. The van der Waals surface area contributed by atoms with Gasteiger partial charge in [0.05, 0.1) is 12.0 Å². The second-order valence-corrected chi connectivity index (χ2v) is 9.48. The first-order chi connectivity index (χ1) is 14.6. The SMILES string of the molecule is CN(CCNC(=O)[C@H]1c2ccccc2C(=O)N(C)[C@@H]1c1cccs1)C1CCCCC1. The van der Waals surface area contributed by atoms with Gasteiger partial charge in [-0.3, -0.25) is 9.59 Å². The number of nitrogens with zero attached hydrogens (tertiary/aromatic N) is 2. The largest absolute Gasteiger partial charge is 0.354 e. The van der Waals surface area contributed by atoms with Crippen LogP contribution in [-0.2, 0) is 4.79 Å². The monoisotopic (exact) mass is 425 g/mol. The predicted octanol–water partition coefficient (Wildman–Crippen LogP) is 4.04. The van der Waals surface area contributed by atoms with Gasteiger partial charge in [0.15, 0.2) is 0 Å². The standard InChI is InChI=1S/C24H31N3O2S/c1-26(17-9-4-3-5-10-17)15-14-25-23(28)21-18-11-6-7-12-19(18)24(29)27(2)22(21)20-13-8-16-30-20/h6-8,11-13,16-17,21-22H,3-5,9-10,14-15H2,1-2H3,(H,25,28)/t21-,22+/m0/s1. The molecule has 1 aromatic carbocycles. The molecule has 0 unspecified atom stereocenters. The number of likely N-dealkylation sites (N-methyl/N-ethyl adjacent to an activating group) is 2. The van der Waals surface area contributed by atoms with E-state index in [2.05, 4.69) is 17.3 Å². The van der Waals surface area contributed by atoms with Crippen LogP contribution in [0, 0.1) is 0 Å². The van der Waals surface area contributed by atoms with Crippen LogP contribution in [-0.4, -0.2) is 54.8 Å². The lowest BCUT2D eigenvalue weighted by molar-refractivity contribution is -0.124. The van der Waals surface area contributed by atoms with Crippen molar-refractivity contribution in [2.75, 3.05) is 27.2 Å². The molecule has 2 heterocycles. The van der Waals surface area contributed by atoms with Crippen LogP contribution in [0.15, 0.2) is 41.8 Å². The van der Waals surface area contributed by atoms with Crippen molar-refractivity contribution < 1.29 is 9.59 Å². The normalized spacial score (nSPS) is 22.2. The summed E-state index contributed by atoms with van der Waals surface area (Å²) in [5, 5.41) is 5.18. The minimum Gasteiger partial charge on any atom is -0.354 e. The Morgan fingerprint density at radius 2 is 1.93 bits per heavy atom. The van der Waals surface area contributed by atoms with Crippen LogP contribution in [0.1, 0.15) is 64.9 Å². The molecular weight excluding hydrogens is 394 g/mol. The van der Waals surface area contributed by atoms with Crippen molar-refractivity contribution in [3.8, 4) is 0 Å². The summed E-state index contributed by atoms with van der Waals surface area (Å²) in [5.74, 6) is -0.426. The van der Waals surface area contributed by atoms with Crippen molar-refractivity contribution in [2.45, 2.75) is 50.1 Å². The molecule has 0 spiro atoms. The summed E-state index contributed by atoms with van der Waals surface area (Å²) in [4.78, 5) is 31.5. The first kappa shape index (κ1) is 21.1. The molecule has 0 radical (unpaired) electrons. The number of benzene rings is 1. The third-order valence-electron chi connectivity index (χ3n) is 6.66. The highest BCUT2D eigenvalue weighted by Gasteiger charge is 2.42. The molecular formula is C24H31N3O2S. The van der Waals surface area contributed by atoms with E-state index in [1.54, 1.807) is 23.3 Å². The third-order valence-corrected chi connectivity index (χ3v) is 7.60. The van der Waals surface area contributed by atoms with Gasteiger partial charge in [0.25, 0.3) is 5.91 Å². The van der Waals surface area contributed by atoms with Crippen molar-refractivity contribution in [1.29, 1.82) is 0 Å². The Kier molecular flexibility index (Phi) is 6.54. The number of carbonyl (C=O) groups excluding carboxylic acids is 2. The molecule has 0 bridgehead atoms. The van der Waals surface area contributed by atoms with Gasteiger partial charge in [-0.2, -0.15) is 0 Å². The number of nitrogens with one attached hydrogen (secondary N) is 1. The van der Waals surface area contributed by atoms with E-state index in [9.17, 15) is 9.59 Å². The van der Waals surface area contributed by atoms with Gasteiger partial charge in [0.2, 0.25) is 5.91 Å². The maximum atomic E-state index is 13.4. The van der Waals surface area contributed by atoms with E-state index in [4.69, 9.17) is 0 Å². The zero-order chi connectivity index (χ0) is 21.1. The second kappa shape index (κ2) is 9.31. The zero-order valence-electron chi connectivity index (χ0n) is 17.8. The Hall–Kier alpha value is -2.18.